The predicted octanol–water partition coefficient (Wildman–Crippen LogP) is 11.5. The van der Waals surface area contributed by atoms with Crippen LogP contribution in [-0.4, -0.2) is 19.1 Å². The fraction of sp³-hybridized carbons (Fsp3) is 0.160. The first kappa shape index (κ1) is 45.1. The molecule has 0 radical (unpaired) electrons. The molecule has 8 aromatic rings. The van der Waals surface area contributed by atoms with Crippen LogP contribution in [0.2, 0.25) is 0 Å². The van der Waals surface area contributed by atoms with Gasteiger partial charge in [0.15, 0.2) is 0 Å². The van der Waals surface area contributed by atoms with Gasteiger partial charge in [-0.3, -0.25) is 0 Å². The van der Waals surface area contributed by atoms with E-state index in [1.54, 1.807) is 21.5 Å². The molecule has 0 bridgehead atoms. The van der Waals surface area contributed by atoms with Gasteiger partial charge in [-0.25, -0.2) is 32.8 Å². The van der Waals surface area contributed by atoms with Crippen LogP contribution >= 0.6 is 0 Å². The van der Waals surface area contributed by atoms with Crippen LogP contribution in [0.3, 0.4) is 0 Å². The normalized spacial score (nSPS) is 10.1. The Kier molecular flexibility index (Phi) is 15.7. The number of benzene rings is 4. The smallest absolute Gasteiger partial charge is 0.215 e. The number of hydrogen-bond acceptors (Lipinski definition) is 4. The third-order valence-corrected chi connectivity index (χ3v) is 10.1. The third-order valence-electron chi connectivity index (χ3n) is 10.1. The van der Waals surface area contributed by atoms with E-state index in [1.807, 2.05) is 113 Å². The Morgan fingerprint density at radius 2 is 0.793 bits per heavy atom. The van der Waals surface area contributed by atoms with Gasteiger partial charge in [0, 0.05) is 89.4 Å². The Bertz CT molecular complexity index is 2510. The first-order chi connectivity index (χ1) is 27.0. The van der Waals surface area contributed by atoms with Crippen LogP contribution in [0.15, 0.2) is 97.3 Å². The van der Waals surface area contributed by atoms with Crippen LogP contribution in [0.1, 0.15) is 45.0 Å². The van der Waals surface area contributed by atoms with Gasteiger partial charge in [0.25, 0.3) is 0 Å². The van der Waals surface area contributed by atoms with Gasteiger partial charge in [-0.1, -0.05) is 60.0 Å². The topological polar surface area (TPSA) is 54.1 Å². The summed E-state index contributed by atoms with van der Waals surface area (Å²) in [5.41, 5.74) is 10.9. The fourth-order valence-electron chi connectivity index (χ4n) is 6.30. The summed E-state index contributed by atoms with van der Waals surface area (Å²) in [6.45, 7) is 16.3. The van der Waals surface area contributed by atoms with Crippen molar-refractivity contribution >= 4 is 21.5 Å². The summed E-state index contributed by atoms with van der Waals surface area (Å²) in [4.78, 5) is 8.58. The van der Waals surface area contributed by atoms with Crippen molar-refractivity contribution in [2.75, 3.05) is 0 Å². The monoisotopic (exact) mass is 1120 g/mol. The second-order valence-corrected chi connectivity index (χ2v) is 13.3. The molecule has 298 valence electrons. The number of rotatable bonds is 5. The van der Waals surface area contributed by atoms with Crippen LogP contribution in [0.4, 0.5) is 0 Å². The van der Waals surface area contributed by atoms with Crippen LogP contribution in [0.5, 0.6) is 23.3 Å². The number of nitrogens with zero attached hydrogens (tertiary/aromatic N) is 4. The van der Waals surface area contributed by atoms with Gasteiger partial charge in [0.1, 0.15) is 0 Å². The molecule has 8 heteroatoms. The largest absolute Gasteiger partial charge is 0.669 e. The molecule has 0 saturated carbocycles. The van der Waals surface area contributed by atoms with E-state index >= 15 is 0 Å². The fourth-order valence-corrected chi connectivity index (χ4v) is 6.30. The summed E-state index contributed by atoms with van der Waals surface area (Å²) in [5, 5.41) is 3.57. The van der Waals surface area contributed by atoms with E-state index in [-0.39, 0.29) is 42.1 Å². The van der Waals surface area contributed by atoms with E-state index in [2.05, 4.69) is 74.0 Å². The molecule has 0 spiro atoms. The van der Waals surface area contributed by atoms with E-state index in [0.717, 1.165) is 44.3 Å². The molecule has 0 amide bonds. The summed E-state index contributed by atoms with van der Waals surface area (Å²) in [6.07, 6.45) is 17.5. The van der Waals surface area contributed by atoms with Gasteiger partial charge in [-0.05, 0) is 89.8 Å². The van der Waals surface area contributed by atoms with E-state index in [4.69, 9.17) is 22.3 Å². The third kappa shape index (κ3) is 9.72. The van der Waals surface area contributed by atoms with Gasteiger partial charge in [0.05, 0.1) is 0 Å². The zero-order valence-corrected chi connectivity index (χ0v) is 38.0. The molecule has 8 rings (SSSR count). The van der Waals surface area contributed by atoms with Crippen molar-refractivity contribution in [1.29, 1.82) is 0 Å². The van der Waals surface area contributed by atoms with Crippen molar-refractivity contribution in [3.8, 4) is 46.5 Å². The number of aromatic nitrogens is 4. The molecular formula is C50H40N4O2Pt2-6. The van der Waals surface area contributed by atoms with Gasteiger partial charge in [0.2, 0.25) is 11.8 Å². The number of ether oxygens (including phenoxy) is 2. The molecule has 6 nitrogen and oxygen atoms in total. The molecule has 0 N–H and O–H groups in total. The molecule has 0 aliphatic heterocycles. The van der Waals surface area contributed by atoms with Crippen molar-refractivity contribution in [3.63, 3.8) is 0 Å². The molecule has 0 fully saturated rings. The van der Waals surface area contributed by atoms with Crippen molar-refractivity contribution in [2.45, 2.75) is 55.4 Å². The van der Waals surface area contributed by atoms with Gasteiger partial charge in [-0.15, -0.1) is 22.9 Å². The number of fused-ring (bicyclic) bond motifs is 2. The van der Waals surface area contributed by atoms with Crippen molar-refractivity contribution in [3.05, 3.63) is 179 Å². The average Bonchev–Trinajstić information content (AvgIpc) is 3.54. The quantitative estimate of drug-likeness (QED) is 0.127. The molecular weight excluding hydrogens is 1080 g/mol. The average molecular weight is 1120 g/mol. The van der Waals surface area contributed by atoms with Gasteiger partial charge in [-0.2, -0.15) is 0 Å². The van der Waals surface area contributed by atoms with E-state index in [0.29, 0.717) is 34.4 Å². The van der Waals surface area contributed by atoms with Crippen LogP contribution in [-0.2, 0) is 42.1 Å². The molecule has 4 aromatic heterocycles. The SMILES string of the molecule is [C-]#Cn1c(C)c(C)c(C)c1C.[C-]#Cn1c(C)c(C)c(C)c1C.[Pt].[Pt].[c-]1c(-c2[c-]c(Oc3ccccn3)c3ccccc3[c-]2)[c-]c2ccccc2c1Oc1ccccn1. The van der Waals surface area contributed by atoms with Crippen LogP contribution in [0, 0.1) is 105 Å². The Labute approximate surface area is 371 Å². The molecule has 0 saturated heterocycles. The zero-order chi connectivity index (χ0) is 39.9. The second kappa shape index (κ2) is 20.2. The molecule has 4 heterocycles. The van der Waals surface area contributed by atoms with E-state index in [9.17, 15) is 0 Å². The maximum atomic E-state index is 7.05. The second-order valence-electron chi connectivity index (χ2n) is 13.3. The minimum atomic E-state index is 0. The Hall–Kier alpha value is -5.64. The molecule has 0 aliphatic rings. The first-order valence-corrected chi connectivity index (χ1v) is 18.1. The predicted molar refractivity (Wildman–Crippen MR) is 223 cm³/mol. The van der Waals surface area contributed by atoms with Crippen molar-refractivity contribution in [1.82, 2.24) is 19.1 Å². The maximum Gasteiger partial charge on any atom is 0.215 e. The van der Waals surface area contributed by atoms with E-state index in [1.165, 1.54) is 22.3 Å². The summed E-state index contributed by atoms with van der Waals surface area (Å²) in [5.74, 6) is 2.11. The summed E-state index contributed by atoms with van der Waals surface area (Å²) < 4.78 is 15.8. The van der Waals surface area contributed by atoms with Crippen molar-refractivity contribution < 1.29 is 51.6 Å². The summed E-state index contributed by atoms with van der Waals surface area (Å²) in [6, 6.07) is 45.2. The van der Waals surface area contributed by atoms with Crippen molar-refractivity contribution in [2.24, 2.45) is 0 Å². The number of pyridine rings is 2. The summed E-state index contributed by atoms with van der Waals surface area (Å²) in [7, 11) is 0. The van der Waals surface area contributed by atoms with Crippen LogP contribution < -0.4 is 9.47 Å². The Morgan fingerprint density at radius 1 is 0.466 bits per heavy atom. The van der Waals surface area contributed by atoms with Gasteiger partial charge < -0.3 is 66.8 Å². The maximum absolute atomic E-state index is 7.05. The zero-order valence-electron chi connectivity index (χ0n) is 33.5. The molecule has 4 aromatic carbocycles. The molecule has 0 atom stereocenters. The minimum Gasteiger partial charge on any atom is -0.669 e. The standard InChI is InChI=1S/C30H16N2O2.2C10H12N.2Pt/c1-3-11-25-21(9-1)17-23(19-27(25)33-29-13-5-7-15-31-29)24-18-22-10-2-4-12-26(22)28(20-24)34-30-14-6-8-16-32-30;2*1-6-11-9(4)7(2)8(3)10(11)5;;/h1-16H;2*2-5H3;;/q-4;2*-1;;. The molecule has 0 unspecified atom stereocenters. The Morgan fingerprint density at radius 3 is 1.09 bits per heavy atom. The van der Waals surface area contributed by atoms with E-state index < -0.39 is 0 Å². The summed E-state index contributed by atoms with van der Waals surface area (Å²) >= 11 is 0. The van der Waals surface area contributed by atoms with Crippen LogP contribution in [0.25, 0.3) is 32.7 Å². The first-order valence-electron chi connectivity index (χ1n) is 18.1. The Balaban J connectivity index is 0.000000255. The van der Waals surface area contributed by atoms with Gasteiger partial charge >= 0.3 is 0 Å². The molecule has 0 aliphatic carbocycles. The molecule has 58 heavy (non-hydrogen) atoms. The minimum absolute atomic E-state index is 0. The number of hydrogen-bond donors (Lipinski definition) is 0.